The fraction of sp³-hybridized carbons (Fsp3) is 0.300. The molecule has 1 atom stereocenters. The van der Waals surface area contributed by atoms with Crippen molar-refractivity contribution < 1.29 is 9.53 Å². The molecule has 15 heavy (non-hydrogen) atoms. The van der Waals surface area contributed by atoms with Crippen LogP contribution in [-0.2, 0) is 9.53 Å². The molecule has 0 aliphatic rings. The van der Waals surface area contributed by atoms with E-state index in [4.69, 9.17) is 23.2 Å². The van der Waals surface area contributed by atoms with Crippen LogP contribution < -0.4 is 5.32 Å². The molecule has 5 heteroatoms. The van der Waals surface area contributed by atoms with E-state index in [-0.39, 0.29) is 5.97 Å². The van der Waals surface area contributed by atoms with Crippen molar-refractivity contribution in [1.82, 2.24) is 0 Å². The monoisotopic (exact) mass is 247 g/mol. The van der Waals surface area contributed by atoms with E-state index in [0.717, 1.165) is 5.69 Å². The Morgan fingerprint density at radius 3 is 2.60 bits per heavy atom. The fourth-order valence-corrected chi connectivity index (χ4v) is 1.37. The van der Waals surface area contributed by atoms with Crippen molar-refractivity contribution in [1.29, 1.82) is 0 Å². The summed E-state index contributed by atoms with van der Waals surface area (Å²) in [5.74, 6) is -0.332. The van der Waals surface area contributed by atoms with Crippen molar-refractivity contribution in [2.45, 2.75) is 13.0 Å². The normalized spacial score (nSPS) is 12.0. The van der Waals surface area contributed by atoms with Gasteiger partial charge >= 0.3 is 5.97 Å². The topological polar surface area (TPSA) is 38.3 Å². The molecule has 0 heterocycles. The number of hydrogen-bond donors (Lipinski definition) is 1. The van der Waals surface area contributed by atoms with Crippen molar-refractivity contribution >= 4 is 34.9 Å². The van der Waals surface area contributed by atoms with Crippen LogP contribution in [0, 0.1) is 0 Å². The predicted octanol–water partition coefficient (Wildman–Crippen LogP) is 2.97. The third-order valence-corrected chi connectivity index (χ3v) is 2.60. The second-order valence-electron chi connectivity index (χ2n) is 3.02. The maximum Gasteiger partial charge on any atom is 0.327 e. The number of benzene rings is 1. The average molecular weight is 248 g/mol. The molecule has 0 spiro atoms. The number of hydrogen-bond acceptors (Lipinski definition) is 3. The van der Waals surface area contributed by atoms with Crippen LogP contribution in [0.2, 0.25) is 10.0 Å². The molecular weight excluding hydrogens is 237 g/mol. The Balaban J connectivity index is 2.73. The predicted molar refractivity (Wildman–Crippen MR) is 61.6 cm³/mol. The minimum absolute atomic E-state index is 0.332. The smallest absolute Gasteiger partial charge is 0.327 e. The van der Waals surface area contributed by atoms with Crippen LogP contribution in [0.15, 0.2) is 18.2 Å². The Morgan fingerprint density at radius 2 is 2.07 bits per heavy atom. The zero-order chi connectivity index (χ0) is 11.4. The molecule has 1 rings (SSSR count). The van der Waals surface area contributed by atoms with Gasteiger partial charge in [0.1, 0.15) is 6.04 Å². The molecule has 1 aromatic carbocycles. The molecule has 0 aliphatic heterocycles. The van der Waals surface area contributed by atoms with Gasteiger partial charge in [-0.2, -0.15) is 0 Å². The third kappa shape index (κ3) is 3.29. The molecule has 1 aromatic rings. The first-order valence-corrected chi connectivity index (χ1v) is 5.09. The fourth-order valence-electron chi connectivity index (χ4n) is 1.07. The summed E-state index contributed by atoms with van der Waals surface area (Å²) in [6.07, 6.45) is 0. The van der Waals surface area contributed by atoms with E-state index in [0.29, 0.717) is 10.0 Å². The first kappa shape index (κ1) is 12.1. The van der Waals surface area contributed by atoms with E-state index in [1.165, 1.54) is 7.11 Å². The lowest BCUT2D eigenvalue weighted by molar-refractivity contribution is -0.141. The van der Waals surface area contributed by atoms with Gasteiger partial charge < -0.3 is 10.1 Å². The van der Waals surface area contributed by atoms with Crippen LogP contribution in [0.3, 0.4) is 0 Å². The van der Waals surface area contributed by atoms with Crippen LogP contribution in [0.25, 0.3) is 0 Å². The Labute approximate surface area is 98.3 Å². The second-order valence-corrected chi connectivity index (χ2v) is 3.83. The molecule has 0 bridgehead atoms. The van der Waals surface area contributed by atoms with Gasteiger partial charge in [-0.25, -0.2) is 4.79 Å². The van der Waals surface area contributed by atoms with Gasteiger partial charge in [-0.15, -0.1) is 0 Å². The van der Waals surface area contributed by atoms with Crippen molar-refractivity contribution in [2.75, 3.05) is 12.4 Å². The van der Waals surface area contributed by atoms with Gasteiger partial charge in [-0.3, -0.25) is 0 Å². The summed E-state index contributed by atoms with van der Waals surface area (Å²) in [7, 11) is 1.34. The Hall–Kier alpha value is -0.930. The van der Waals surface area contributed by atoms with Crippen LogP contribution in [0.5, 0.6) is 0 Å². The largest absolute Gasteiger partial charge is 0.467 e. The van der Waals surface area contributed by atoms with Crippen LogP contribution in [0.4, 0.5) is 5.69 Å². The molecule has 3 nitrogen and oxygen atoms in total. The van der Waals surface area contributed by atoms with E-state index in [1.54, 1.807) is 25.1 Å². The number of halogens is 2. The van der Waals surface area contributed by atoms with Crippen LogP contribution in [0.1, 0.15) is 6.92 Å². The van der Waals surface area contributed by atoms with Crippen LogP contribution >= 0.6 is 23.2 Å². The van der Waals surface area contributed by atoms with Crippen molar-refractivity contribution in [2.24, 2.45) is 0 Å². The van der Waals surface area contributed by atoms with Crippen molar-refractivity contribution in [3.63, 3.8) is 0 Å². The number of carbonyl (C=O) groups excluding carboxylic acids is 1. The summed E-state index contributed by atoms with van der Waals surface area (Å²) in [6, 6.07) is 4.64. The molecule has 0 amide bonds. The Kier molecular flexibility index (Phi) is 4.24. The van der Waals surface area contributed by atoms with Crippen molar-refractivity contribution in [3.05, 3.63) is 28.2 Å². The molecule has 1 N–H and O–H groups in total. The third-order valence-electron chi connectivity index (χ3n) is 1.86. The van der Waals surface area contributed by atoms with E-state index in [2.05, 4.69) is 10.1 Å². The van der Waals surface area contributed by atoms with E-state index in [9.17, 15) is 4.79 Å². The van der Waals surface area contributed by atoms with E-state index >= 15 is 0 Å². The van der Waals surface area contributed by atoms with Crippen LogP contribution in [-0.4, -0.2) is 19.1 Å². The molecular formula is C10H11Cl2NO2. The van der Waals surface area contributed by atoms with Gasteiger partial charge in [0.2, 0.25) is 0 Å². The van der Waals surface area contributed by atoms with E-state index < -0.39 is 6.04 Å². The lowest BCUT2D eigenvalue weighted by Gasteiger charge is -2.13. The number of carbonyl (C=O) groups is 1. The maximum atomic E-state index is 11.1. The number of methoxy groups -OCH3 is 1. The lowest BCUT2D eigenvalue weighted by Crippen LogP contribution is -2.27. The zero-order valence-corrected chi connectivity index (χ0v) is 9.89. The van der Waals surface area contributed by atoms with Crippen molar-refractivity contribution in [3.8, 4) is 0 Å². The van der Waals surface area contributed by atoms with Gasteiger partial charge in [0.15, 0.2) is 0 Å². The molecule has 0 radical (unpaired) electrons. The molecule has 0 fully saturated rings. The minimum Gasteiger partial charge on any atom is -0.467 e. The molecule has 0 saturated heterocycles. The highest BCUT2D eigenvalue weighted by molar-refractivity contribution is 6.42. The number of anilines is 1. The lowest BCUT2D eigenvalue weighted by atomic mass is 10.2. The SMILES string of the molecule is COC(=O)[C@H](C)Nc1ccc(Cl)c(Cl)c1. The summed E-state index contributed by atoms with van der Waals surface area (Å²) in [6.45, 7) is 1.70. The van der Waals surface area contributed by atoms with E-state index in [1.807, 2.05) is 0 Å². The second kappa shape index (κ2) is 5.24. The highest BCUT2D eigenvalue weighted by Gasteiger charge is 2.12. The molecule has 0 saturated carbocycles. The first-order chi connectivity index (χ1) is 7.04. The highest BCUT2D eigenvalue weighted by atomic mass is 35.5. The number of ether oxygens (including phenoxy) is 1. The summed E-state index contributed by atoms with van der Waals surface area (Å²) in [5, 5.41) is 3.87. The molecule has 0 aromatic heterocycles. The number of rotatable bonds is 3. The molecule has 82 valence electrons. The minimum atomic E-state index is -0.424. The molecule has 0 unspecified atom stereocenters. The first-order valence-electron chi connectivity index (χ1n) is 4.34. The van der Waals surface area contributed by atoms with Gasteiger partial charge in [-0.1, -0.05) is 23.2 Å². The molecule has 0 aliphatic carbocycles. The quantitative estimate of drug-likeness (QED) is 0.835. The zero-order valence-electron chi connectivity index (χ0n) is 8.38. The summed E-state index contributed by atoms with van der Waals surface area (Å²) < 4.78 is 4.58. The van der Waals surface area contributed by atoms with Gasteiger partial charge in [0.05, 0.1) is 17.2 Å². The highest BCUT2D eigenvalue weighted by Crippen LogP contribution is 2.25. The summed E-state index contributed by atoms with van der Waals surface area (Å²) in [4.78, 5) is 11.1. The summed E-state index contributed by atoms with van der Waals surface area (Å²) >= 11 is 11.6. The number of esters is 1. The van der Waals surface area contributed by atoms with Gasteiger partial charge in [0.25, 0.3) is 0 Å². The number of nitrogens with one attached hydrogen (secondary N) is 1. The van der Waals surface area contributed by atoms with Gasteiger partial charge in [-0.05, 0) is 25.1 Å². The van der Waals surface area contributed by atoms with Gasteiger partial charge in [0, 0.05) is 5.69 Å². The Morgan fingerprint density at radius 1 is 1.40 bits per heavy atom. The summed E-state index contributed by atoms with van der Waals surface area (Å²) in [5.41, 5.74) is 0.724. The maximum absolute atomic E-state index is 11.1. The Bertz CT molecular complexity index is 368. The standard InChI is InChI=1S/C10H11Cl2NO2/c1-6(10(14)15-2)13-7-3-4-8(11)9(12)5-7/h3-6,13H,1-2H3/t6-/m0/s1. The average Bonchev–Trinajstić information content (AvgIpc) is 2.22.